The lowest BCUT2D eigenvalue weighted by molar-refractivity contribution is 0.230. The molecule has 0 aromatic heterocycles. The first kappa shape index (κ1) is 15.0. The Bertz CT molecular complexity index is 207. The summed E-state index contributed by atoms with van der Waals surface area (Å²) in [5.74, 6) is 0.970. The highest BCUT2D eigenvalue weighted by Crippen LogP contribution is 2.23. The summed E-state index contributed by atoms with van der Waals surface area (Å²) in [6.45, 7) is 15.2. The molecule has 1 aliphatic heterocycles. The number of hydrogen-bond acceptors (Lipinski definition) is 2. The van der Waals surface area contributed by atoms with Crippen molar-refractivity contribution in [1.29, 1.82) is 0 Å². The predicted molar refractivity (Wildman–Crippen MR) is 76.4 cm³/mol. The van der Waals surface area contributed by atoms with Gasteiger partial charge in [-0.25, -0.2) is 0 Å². The second-order valence-corrected chi connectivity index (χ2v) is 6.75. The number of nitrogens with zero attached hydrogens (tertiary/aromatic N) is 1. The molecular formula is C15H32N2. The normalized spacial score (nSPS) is 24.2. The van der Waals surface area contributed by atoms with Gasteiger partial charge in [0.25, 0.3) is 0 Å². The maximum absolute atomic E-state index is 3.59. The van der Waals surface area contributed by atoms with Crippen LogP contribution in [0.25, 0.3) is 0 Å². The Hall–Kier alpha value is -0.0800. The van der Waals surface area contributed by atoms with Crippen molar-refractivity contribution in [3.63, 3.8) is 0 Å². The molecule has 1 fully saturated rings. The molecule has 2 atom stereocenters. The van der Waals surface area contributed by atoms with Crippen molar-refractivity contribution >= 4 is 0 Å². The molecule has 1 rings (SSSR count). The van der Waals surface area contributed by atoms with Crippen LogP contribution in [0, 0.1) is 5.92 Å². The topological polar surface area (TPSA) is 15.3 Å². The zero-order valence-corrected chi connectivity index (χ0v) is 12.6. The Kier molecular flexibility index (Phi) is 5.94. The zero-order valence-electron chi connectivity index (χ0n) is 12.6. The van der Waals surface area contributed by atoms with Gasteiger partial charge in [0.1, 0.15) is 0 Å². The molecule has 0 aromatic carbocycles. The van der Waals surface area contributed by atoms with Gasteiger partial charge in [-0.1, -0.05) is 13.3 Å². The largest absolute Gasteiger partial charge is 0.312 e. The molecule has 1 aliphatic rings. The van der Waals surface area contributed by atoms with Gasteiger partial charge in [-0.2, -0.15) is 0 Å². The first-order valence-corrected chi connectivity index (χ1v) is 7.41. The Morgan fingerprint density at radius 3 is 2.65 bits per heavy atom. The summed E-state index contributed by atoms with van der Waals surface area (Å²) in [6, 6.07) is 0.742. The van der Waals surface area contributed by atoms with E-state index in [2.05, 4.69) is 44.8 Å². The first-order chi connectivity index (χ1) is 7.92. The molecule has 1 saturated heterocycles. The van der Waals surface area contributed by atoms with Gasteiger partial charge in [0.2, 0.25) is 0 Å². The van der Waals surface area contributed by atoms with Crippen LogP contribution in [0.4, 0.5) is 0 Å². The van der Waals surface area contributed by atoms with Crippen LogP contribution in [0.2, 0.25) is 0 Å². The van der Waals surface area contributed by atoms with Gasteiger partial charge in [0.05, 0.1) is 0 Å². The Balaban J connectivity index is 2.18. The molecule has 0 bridgehead atoms. The fourth-order valence-electron chi connectivity index (χ4n) is 2.75. The van der Waals surface area contributed by atoms with Crippen molar-refractivity contribution in [3.8, 4) is 0 Å². The number of nitrogens with one attached hydrogen (secondary N) is 1. The third-order valence-electron chi connectivity index (χ3n) is 3.85. The third-order valence-corrected chi connectivity index (χ3v) is 3.85. The summed E-state index contributed by atoms with van der Waals surface area (Å²) in [6.07, 6.45) is 5.46. The summed E-state index contributed by atoms with van der Waals surface area (Å²) < 4.78 is 0. The average molecular weight is 240 g/mol. The summed E-state index contributed by atoms with van der Waals surface area (Å²) in [5.41, 5.74) is 0.259. The number of likely N-dealkylation sites (tertiary alicyclic amines) is 1. The van der Waals surface area contributed by atoms with E-state index in [1.54, 1.807) is 0 Å². The first-order valence-electron chi connectivity index (χ1n) is 7.41. The lowest BCUT2D eigenvalue weighted by Crippen LogP contribution is -2.40. The van der Waals surface area contributed by atoms with Crippen molar-refractivity contribution in [3.05, 3.63) is 0 Å². The second kappa shape index (κ2) is 6.75. The fraction of sp³-hybridized carbons (Fsp3) is 1.00. The molecule has 2 nitrogen and oxygen atoms in total. The second-order valence-electron chi connectivity index (χ2n) is 6.75. The van der Waals surface area contributed by atoms with Crippen LogP contribution in [0.15, 0.2) is 0 Å². The van der Waals surface area contributed by atoms with E-state index in [9.17, 15) is 0 Å². The summed E-state index contributed by atoms with van der Waals surface area (Å²) in [7, 11) is 0. The van der Waals surface area contributed by atoms with Crippen LogP contribution in [-0.4, -0.2) is 36.1 Å². The highest BCUT2D eigenvalue weighted by Gasteiger charge is 2.25. The Morgan fingerprint density at radius 2 is 2.06 bits per heavy atom. The smallest absolute Gasteiger partial charge is 0.00965 e. The van der Waals surface area contributed by atoms with Crippen molar-refractivity contribution in [2.75, 3.05) is 19.6 Å². The predicted octanol–water partition coefficient (Wildman–Crippen LogP) is 3.28. The molecule has 0 radical (unpaired) electrons. The van der Waals surface area contributed by atoms with E-state index >= 15 is 0 Å². The molecule has 2 heteroatoms. The lowest BCUT2D eigenvalue weighted by atomic mass is 10.0. The van der Waals surface area contributed by atoms with Crippen molar-refractivity contribution < 1.29 is 0 Å². The number of rotatable bonds is 6. The molecule has 0 aromatic rings. The molecule has 2 unspecified atom stereocenters. The van der Waals surface area contributed by atoms with Crippen molar-refractivity contribution in [2.24, 2.45) is 5.92 Å². The molecule has 0 amide bonds. The van der Waals surface area contributed by atoms with E-state index < -0.39 is 0 Å². The minimum atomic E-state index is 0.259. The third kappa shape index (κ3) is 5.87. The van der Waals surface area contributed by atoms with Gasteiger partial charge < -0.3 is 10.2 Å². The molecule has 17 heavy (non-hydrogen) atoms. The Labute approximate surface area is 108 Å². The van der Waals surface area contributed by atoms with Crippen LogP contribution in [-0.2, 0) is 0 Å². The van der Waals surface area contributed by atoms with E-state index in [-0.39, 0.29) is 5.54 Å². The quantitative estimate of drug-likeness (QED) is 0.766. The molecule has 0 saturated carbocycles. The van der Waals surface area contributed by atoms with Crippen LogP contribution < -0.4 is 5.32 Å². The summed E-state index contributed by atoms with van der Waals surface area (Å²) >= 11 is 0. The van der Waals surface area contributed by atoms with E-state index in [0.29, 0.717) is 0 Å². The monoisotopic (exact) mass is 240 g/mol. The highest BCUT2D eigenvalue weighted by molar-refractivity contribution is 4.80. The molecule has 0 aliphatic carbocycles. The zero-order chi connectivity index (χ0) is 12.9. The fourth-order valence-corrected chi connectivity index (χ4v) is 2.75. The highest BCUT2D eigenvalue weighted by atomic mass is 15.2. The number of hydrogen-bond donors (Lipinski definition) is 1. The molecule has 0 spiro atoms. The van der Waals surface area contributed by atoms with Gasteiger partial charge in [0, 0.05) is 18.1 Å². The average Bonchev–Trinajstić information content (AvgIpc) is 2.65. The van der Waals surface area contributed by atoms with Crippen LogP contribution in [0.1, 0.15) is 60.3 Å². The van der Waals surface area contributed by atoms with Crippen molar-refractivity contribution in [1.82, 2.24) is 10.2 Å². The van der Waals surface area contributed by atoms with Crippen LogP contribution >= 0.6 is 0 Å². The van der Waals surface area contributed by atoms with Crippen molar-refractivity contribution in [2.45, 2.75) is 71.9 Å². The molecule has 1 N–H and O–H groups in total. The van der Waals surface area contributed by atoms with Gasteiger partial charge >= 0.3 is 0 Å². The SMILES string of the molecule is CCCC1CCN(C(C)CCNC(C)(C)C)C1. The van der Waals surface area contributed by atoms with E-state index in [4.69, 9.17) is 0 Å². The van der Waals surface area contributed by atoms with Gasteiger partial charge in [-0.15, -0.1) is 0 Å². The molecule has 102 valence electrons. The van der Waals surface area contributed by atoms with E-state index in [1.165, 1.54) is 38.8 Å². The van der Waals surface area contributed by atoms with Crippen LogP contribution in [0.3, 0.4) is 0 Å². The summed E-state index contributed by atoms with van der Waals surface area (Å²) in [4.78, 5) is 2.69. The van der Waals surface area contributed by atoms with E-state index in [0.717, 1.165) is 18.5 Å². The molecule has 1 heterocycles. The Morgan fingerprint density at radius 1 is 1.35 bits per heavy atom. The van der Waals surface area contributed by atoms with E-state index in [1.807, 2.05) is 0 Å². The summed E-state index contributed by atoms with van der Waals surface area (Å²) in [5, 5.41) is 3.59. The molecular weight excluding hydrogens is 208 g/mol. The van der Waals surface area contributed by atoms with Gasteiger partial charge in [0.15, 0.2) is 0 Å². The maximum Gasteiger partial charge on any atom is 0.00965 e. The standard InChI is InChI=1S/C15H32N2/c1-6-7-14-9-11-17(12-14)13(2)8-10-16-15(3,4)5/h13-14,16H,6-12H2,1-5H3. The maximum atomic E-state index is 3.59. The van der Waals surface area contributed by atoms with Crippen LogP contribution in [0.5, 0.6) is 0 Å². The lowest BCUT2D eigenvalue weighted by Gasteiger charge is -2.27. The van der Waals surface area contributed by atoms with Gasteiger partial charge in [-0.05, 0) is 66.0 Å². The van der Waals surface area contributed by atoms with Gasteiger partial charge in [-0.3, -0.25) is 0 Å². The minimum Gasteiger partial charge on any atom is -0.312 e. The minimum absolute atomic E-state index is 0.259.